The molecular formula is C16H22N4O. The second kappa shape index (κ2) is 6.54. The third-order valence-electron chi connectivity index (χ3n) is 3.33. The molecule has 1 aromatic heterocycles. The average Bonchev–Trinajstić information content (AvgIpc) is 2.82. The molecule has 0 spiro atoms. The van der Waals surface area contributed by atoms with Gasteiger partial charge in [-0.25, -0.2) is 0 Å². The van der Waals surface area contributed by atoms with Gasteiger partial charge in [0.05, 0.1) is 12.2 Å². The molecule has 1 aromatic carbocycles. The Bertz CT molecular complexity index is 618. The summed E-state index contributed by atoms with van der Waals surface area (Å²) in [4.78, 5) is 14.4. The van der Waals surface area contributed by atoms with Gasteiger partial charge < -0.3 is 5.32 Å². The van der Waals surface area contributed by atoms with Crippen LogP contribution >= 0.6 is 0 Å². The first kappa shape index (κ1) is 15.3. The maximum absolute atomic E-state index is 12.5. The van der Waals surface area contributed by atoms with Crippen molar-refractivity contribution in [3.05, 3.63) is 52.8 Å². The van der Waals surface area contributed by atoms with Crippen LogP contribution in [0.1, 0.15) is 28.6 Å². The molecule has 2 N–H and O–H groups in total. The number of benzene rings is 1. The molecular weight excluding hydrogens is 264 g/mol. The summed E-state index contributed by atoms with van der Waals surface area (Å²) in [5.41, 5.74) is 3.97. The summed E-state index contributed by atoms with van der Waals surface area (Å²) in [6, 6.07) is 9.66. The summed E-state index contributed by atoms with van der Waals surface area (Å²) in [5, 5.41) is 9.95. The number of nitrogens with zero attached hydrogens (tertiary/aromatic N) is 2. The summed E-state index contributed by atoms with van der Waals surface area (Å²) >= 11 is 0. The number of H-pyrrole nitrogens is 1. The molecule has 1 heterocycles. The van der Waals surface area contributed by atoms with E-state index in [0.717, 1.165) is 22.5 Å². The normalized spacial score (nSPS) is 12.4. The van der Waals surface area contributed by atoms with Crippen molar-refractivity contribution in [2.24, 2.45) is 0 Å². The Morgan fingerprint density at radius 3 is 2.67 bits per heavy atom. The number of amides is 1. The van der Waals surface area contributed by atoms with E-state index in [0.29, 0.717) is 6.54 Å². The van der Waals surface area contributed by atoms with Crippen LogP contribution in [-0.2, 0) is 11.3 Å². The molecule has 0 saturated carbocycles. The molecule has 0 bridgehead atoms. The number of aromatic amines is 1. The quantitative estimate of drug-likeness (QED) is 0.883. The van der Waals surface area contributed by atoms with Crippen molar-refractivity contribution >= 4 is 5.91 Å². The maximum atomic E-state index is 12.5. The van der Waals surface area contributed by atoms with E-state index in [1.807, 2.05) is 63.2 Å². The van der Waals surface area contributed by atoms with Gasteiger partial charge in [0.2, 0.25) is 5.91 Å². The number of carbonyl (C=O) groups excluding carboxylic acids is 1. The van der Waals surface area contributed by atoms with Crippen molar-refractivity contribution in [3.63, 3.8) is 0 Å². The maximum Gasteiger partial charge on any atom is 0.242 e. The summed E-state index contributed by atoms with van der Waals surface area (Å²) in [6.45, 7) is 4.40. The monoisotopic (exact) mass is 286 g/mol. The largest absolute Gasteiger partial charge is 0.349 e. The third-order valence-corrected chi connectivity index (χ3v) is 3.33. The molecule has 0 saturated heterocycles. The molecule has 2 aromatic rings. The van der Waals surface area contributed by atoms with Crippen LogP contribution in [0.2, 0.25) is 0 Å². The van der Waals surface area contributed by atoms with Gasteiger partial charge in [-0.1, -0.05) is 29.8 Å². The Morgan fingerprint density at radius 2 is 2.10 bits per heavy atom. The van der Waals surface area contributed by atoms with Crippen LogP contribution in [-0.4, -0.2) is 35.1 Å². The smallest absolute Gasteiger partial charge is 0.242 e. The van der Waals surface area contributed by atoms with Crippen LogP contribution in [0.4, 0.5) is 0 Å². The number of likely N-dealkylation sites (N-methyl/N-ethyl adjacent to an activating group) is 1. The first-order valence-corrected chi connectivity index (χ1v) is 6.99. The summed E-state index contributed by atoms with van der Waals surface area (Å²) in [6.07, 6.45) is 0. The predicted octanol–water partition coefficient (Wildman–Crippen LogP) is 1.95. The van der Waals surface area contributed by atoms with Crippen molar-refractivity contribution in [2.45, 2.75) is 26.4 Å². The average molecular weight is 286 g/mol. The highest BCUT2D eigenvalue weighted by molar-refractivity contribution is 5.83. The van der Waals surface area contributed by atoms with E-state index >= 15 is 0 Å². The molecule has 0 aliphatic rings. The van der Waals surface area contributed by atoms with E-state index in [9.17, 15) is 4.79 Å². The Kier molecular flexibility index (Phi) is 4.75. The molecule has 1 atom stereocenters. The Balaban J connectivity index is 2.09. The molecule has 5 nitrogen and oxygen atoms in total. The number of aryl methyl sites for hydroxylation is 2. The number of nitrogens with one attached hydrogen (secondary N) is 2. The highest BCUT2D eigenvalue weighted by Gasteiger charge is 2.22. The Morgan fingerprint density at radius 1 is 1.33 bits per heavy atom. The predicted molar refractivity (Wildman–Crippen MR) is 82.8 cm³/mol. The van der Waals surface area contributed by atoms with Gasteiger partial charge in [-0.15, -0.1) is 0 Å². The fourth-order valence-electron chi connectivity index (χ4n) is 2.36. The van der Waals surface area contributed by atoms with E-state index in [1.165, 1.54) is 0 Å². The molecule has 5 heteroatoms. The van der Waals surface area contributed by atoms with Crippen LogP contribution < -0.4 is 5.32 Å². The summed E-state index contributed by atoms with van der Waals surface area (Å²) < 4.78 is 0. The molecule has 0 aliphatic carbocycles. The SMILES string of the molecule is Cc1cccc(C(C(=O)NCc2cc(C)[nH]n2)N(C)C)c1. The zero-order valence-corrected chi connectivity index (χ0v) is 13.0. The van der Waals surface area contributed by atoms with Crippen LogP contribution in [0.25, 0.3) is 0 Å². The number of hydrogen-bond donors (Lipinski definition) is 2. The lowest BCUT2D eigenvalue weighted by Gasteiger charge is -2.24. The van der Waals surface area contributed by atoms with Gasteiger partial charge in [0.25, 0.3) is 0 Å². The first-order valence-electron chi connectivity index (χ1n) is 6.99. The number of rotatable bonds is 5. The molecule has 112 valence electrons. The molecule has 0 fully saturated rings. The van der Waals surface area contributed by atoms with Crippen LogP contribution in [0.15, 0.2) is 30.3 Å². The highest BCUT2D eigenvalue weighted by atomic mass is 16.2. The Hall–Kier alpha value is -2.14. The van der Waals surface area contributed by atoms with Crippen LogP contribution in [0.3, 0.4) is 0 Å². The van der Waals surface area contributed by atoms with E-state index in [1.54, 1.807) is 0 Å². The second-order valence-corrected chi connectivity index (χ2v) is 5.54. The number of carbonyl (C=O) groups is 1. The topological polar surface area (TPSA) is 61.0 Å². The molecule has 21 heavy (non-hydrogen) atoms. The van der Waals surface area contributed by atoms with E-state index in [2.05, 4.69) is 15.5 Å². The fourth-order valence-corrected chi connectivity index (χ4v) is 2.36. The van der Waals surface area contributed by atoms with Crippen LogP contribution in [0, 0.1) is 13.8 Å². The Labute approximate surface area is 125 Å². The molecule has 1 amide bonds. The van der Waals surface area contributed by atoms with Gasteiger partial charge in [-0.3, -0.25) is 14.8 Å². The molecule has 2 rings (SSSR count). The number of hydrogen-bond acceptors (Lipinski definition) is 3. The minimum Gasteiger partial charge on any atom is -0.349 e. The van der Waals surface area contributed by atoms with Crippen molar-refractivity contribution in [1.29, 1.82) is 0 Å². The molecule has 1 unspecified atom stereocenters. The summed E-state index contributed by atoms with van der Waals surface area (Å²) in [7, 11) is 3.82. The fraction of sp³-hybridized carbons (Fsp3) is 0.375. The van der Waals surface area contributed by atoms with Gasteiger partial charge in [-0.2, -0.15) is 5.10 Å². The van der Waals surface area contributed by atoms with Crippen molar-refractivity contribution in [2.75, 3.05) is 14.1 Å². The standard InChI is InChI=1S/C16H22N4O/c1-11-6-5-7-13(8-11)15(20(3)4)16(21)17-10-14-9-12(2)18-19-14/h5-9,15H,10H2,1-4H3,(H,17,21)(H,18,19). The number of aromatic nitrogens is 2. The van der Waals surface area contributed by atoms with E-state index in [4.69, 9.17) is 0 Å². The summed E-state index contributed by atoms with van der Waals surface area (Å²) in [5.74, 6) is -0.0220. The van der Waals surface area contributed by atoms with Gasteiger partial charge in [0.15, 0.2) is 0 Å². The van der Waals surface area contributed by atoms with Crippen molar-refractivity contribution in [1.82, 2.24) is 20.4 Å². The lowest BCUT2D eigenvalue weighted by atomic mass is 10.0. The first-order chi connectivity index (χ1) is 9.97. The van der Waals surface area contributed by atoms with Crippen molar-refractivity contribution in [3.8, 4) is 0 Å². The van der Waals surface area contributed by atoms with E-state index < -0.39 is 0 Å². The lowest BCUT2D eigenvalue weighted by molar-refractivity contribution is -0.126. The van der Waals surface area contributed by atoms with Gasteiger partial charge in [0.1, 0.15) is 6.04 Å². The third kappa shape index (κ3) is 3.92. The molecule has 0 radical (unpaired) electrons. The van der Waals surface area contributed by atoms with E-state index in [-0.39, 0.29) is 11.9 Å². The van der Waals surface area contributed by atoms with Crippen molar-refractivity contribution < 1.29 is 4.79 Å². The minimum absolute atomic E-state index is 0.0220. The van der Waals surface area contributed by atoms with Gasteiger partial charge in [-0.05, 0) is 39.6 Å². The minimum atomic E-state index is -0.301. The lowest BCUT2D eigenvalue weighted by Crippen LogP contribution is -2.36. The zero-order chi connectivity index (χ0) is 15.4. The molecule has 0 aliphatic heterocycles. The van der Waals surface area contributed by atoms with Gasteiger partial charge in [0, 0.05) is 5.69 Å². The zero-order valence-electron chi connectivity index (χ0n) is 13.0. The van der Waals surface area contributed by atoms with Gasteiger partial charge >= 0.3 is 0 Å². The second-order valence-electron chi connectivity index (χ2n) is 5.54. The highest BCUT2D eigenvalue weighted by Crippen LogP contribution is 2.19. The van der Waals surface area contributed by atoms with Crippen LogP contribution in [0.5, 0.6) is 0 Å².